The number of rotatable bonds is 2. The molecule has 20 heavy (non-hydrogen) atoms. The molecule has 1 aliphatic rings. The lowest BCUT2D eigenvalue weighted by Crippen LogP contribution is -2.40. The van der Waals surface area contributed by atoms with E-state index >= 15 is 0 Å². The van der Waals surface area contributed by atoms with Gasteiger partial charge in [0.1, 0.15) is 0 Å². The standard InChI is InChI=1S/C14H15BrClNO3/c1-20-14(19)9-4-6-17(7-5-9)13(18)11-3-2-10(15)8-12(11)16/h2-3,8-9H,4-7H2,1H3. The molecule has 1 heterocycles. The SMILES string of the molecule is COC(=O)C1CCN(C(=O)c2ccc(Br)cc2Cl)CC1. The summed E-state index contributed by atoms with van der Waals surface area (Å²) in [6.07, 6.45) is 1.26. The monoisotopic (exact) mass is 359 g/mol. The lowest BCUT2D eigenvalue weighted by atomic mass is 9.96. The Morgan fingerprint density at radius 2 is 2.00 bits per heavy atom. The zero-order valence-corrected chi connectivity index (χ0v) is 13.4. The van der Waals surface area contributed by atoms with Gasteiger partial charge in [-0.25, -0.2) is 0 Å². The van der Waals surface area contributed by atoms with Crippen molar-refractivity contribution in [2.75, 3.05) is 20.2 Å². The Morgan fingerprint density at radius 3 is 2.55 bits per heavy atom. The number of carbonyl (C=O) groups excluding carboxylic acids is 2. The summed E-state index contributed by atoms with van der Waals surface area (Å²) in [6, 6.07) is 5.21. The molecular formula is C14H15BrClNO3. The third kappa shape index (κ3) is 3.33. The van der Waals surface area contributed by atoms with Gasteiger partial charge in [-0.05, 0) is 31.0 Å². The number of methoxy groups -OCH3 is 1. The van der Waals surface area contributed by atoms with Gasteiger partial charge >= 0.3 is 5.97 Å². The summed E-state index contributed by atoms with van der Waals surface area (Å²) in [4.78, 5) is 25.6. The molecule has 1 amide bonds. The van der Waals surface area contributed by atoms with Crippen LogP contribution in [0.15, 0.2) is 22.7 Å². The largest absolute Gasteiger partial charge is 0.469 e. The Balaban J connectivity index is 2.03. The molecule has 1 aromatic rings. The maximum Gasteiger partial charge on any atom is 0.308 e. The van der Waals surface area contributed by atoms with Gasteiger partial charge in [-0.2, -0.15) is 0 Å². The third-order valence-corrected chi connectivity index (χ3v) is 4.28. The average Bonchev–Trinajstić information content (AvgIpc) is 2.46. The van der Waals surface area contributed by atoms with Crippen molar-refractivity contribution in [1.82, 2.24) is 4.90 Å². The van der Waals surface area contributed by atoms with E-state index in [1.807, 2.05) is 0 Å². The van der Waals surface area contributed by atoms with Crippen LogP contribution in [-0.4, -0.2) is 37.0 Å². The number of piperidine rings is 1. The number of benzene rings is 1. The molecule has 2 rings (SSSR count). The van der Waals surface area contributed by atoms with Gasteiger partial charge in [0.2, 0.25) is 0 Å². The molecule has 0 saturated carbocycles. The summed E-state index contributed by atoms with van der Waals surface area (Å²) in [5, 5.41) is 0.430. The molecule has 4 nitrogen and oxygen atoms in total. The van der Waals surface area contributed by atoms with Gasteiger partial charge in [0.15, 0.2) is 0 Å². The summed E-state index contributed by atoms with van der Waals surface area (Å²) in [7, 11) is 1.39. The van der Waals surface area contributed by atoms with Crippen LogP contribution >= 0.6 is 27.5 Å². The maximum atomic E-state index is 12.4. The summed E-state index contributed by atoms with van der Waals surface area (Å²) >= 11 is 9.41. The van der Waals surface area contributed by atoms with Crippen LogP contribution in [0.2, 0.25) is 5.02 Å². The molecule has 1 saturated heterocycles. The normalized spacial score (nSPS) is 16.1. The van der Waals surface area contributed by atoms with Gasteiger partial charge in [0, 0.05) is 17.6 Å². The average molecular weight is 361 g/mol. The van der Waals surface area contributed by atoms with E-state index < -0.39 is 0 Å². The number of carbonyl (C=O) groups is 2. The first kappa shape index (κ1) is 15.3. The second kappa shape index (κ2) is 6.59. The first-order valence-corrected chi connectivity index (χ1v) is 7.52. The minimum Gasteiger partial charge on any atom is -0.469 e. The molecule has 0 unspecified atom stereocenters. The van der Waals surface area contributed by atoms with Gasteiger partial charge in [0.25, 0.3) is 5.91 Å². The first-order chi connectivity index (χ1) is 9.52. The Labute approximate surface area is 131 Å². The first-order valence-electron chi connectivity index (χ1n) is 6.35. The zero-order valence-electron chi connectivity index (χ0n) is 11.1. The number of hydrogen-bond acceptors (Lipinski definition) is 3. The van der Waals surface area contributed by atoms with Crippen LogP contribution in [0.4, 0.5) is 0 Å². The Morgan fingerprint density at radius 1 is 1.35 bits per heavy atom. The molecule has 0 bridgehead atoms. The highest BCUT2D eigenvalue weighted by atomic mass is 79.9. The fourth-order valence-electron chi connectivity index (χ4n) is 2.32. The minimum absolute atomic E-state index is 0.0918. The lowest BCUT2D eigenvalue weighted by Gasteiger charge is -2.31. The predicted octanol–water partition coefficient (Wildman–Crippen LogP) is 3.13. The van der Waals surface area contributed by atoms with Gasteiger partial charge in [-0.1, -0.05) is 27.5 Å². The molecule has 1 aromatic carbocycles. The highest BCUT2D eigenvalue weighted by Crippen LogP contribution is 2.25. The summed E-state index contributed by atoms with van der Waals surface area (Å²) in [5.41, 5.74) is 0.492. The third-order valence-electron chi connectivity index (χ3n) is 3.48. The Hall–Kier alpha value is -1.07. The van der Waals surface area contributed by atoms with Crippen molar-refractivity contribution in [1.29, 1.82) is 0 Å². The van der Waals surface area contributed by atoms with E-state index in [-0.39, 0.29) is 17.8 Å². The topological polar surface area (TPSA) is 46.6 Å². The summed E-state index contributed by atoms with van der Waals surface area (Å²) in [6.45, 7) is 1.09. The molecule has 1 fully saturated rings. The molecule has 0 aromatic heterocycles. The van der Waals surface area contributed by atoms with E-state index in [1.165, 1.54) is 7.11 Å². The van der Waals surface area contributed by atoms with Gasteiger partial charge in [-0.15, -0.1) is 0 Å². The molecular weight excluding hydrogens is 346 g/mol. The predicted molar refractivity (Wildman–Crippen MR) is 79.8 cm³/mol. The quantitative estimate of drug-likeness (QED) is 0.761. The van der Waals surface area contributed by atoms with Crippen molar-refractivity contribution in [3.8, 4) is 0 Å². The van der Waals surface area contributed by atoms with Crippen LogP contribution in [0.25, 0.3) is 0 Å². The summed E-state index contributed by atoms with van der Waals surface area (Å²) in [5.74, 6) is -0.394. The number of hydrogen-bond donors (Lipinski definition) is 0. The fraction of sp³-hybridized carbons (Fsp3) is 0.429. The van der Waals surface area contributed by atoms with Crippen molar-refractivity contribution < 1.29 is 14.3 Å². The second-order valence-electron chi connectivity index (χ2n) is 4.71. The van der Waals surface area contributed by atoms with Gasteiger partial charge in [0.05, 0.1) is 23.6 Å². The molecule has 0 radical (unpaired) electrons. The Kier molecular flexibility index (Phi) is 5.05. The van der Waals surface area contributed by atoms with Gasteiger partial charge < -0.3 is 9.64 Å². The fourth-order valence-corrected chi connectivity index (χ4v) is 3.07. The molecule has 0 aliphatic carbocycles. The van der Waals surface area contributed by atoms with E-state index in [0.29, 0.717) is 36.5 Å². The van der Waals surface area contributed by atoms with Gasteiger partial charge in [-0.3, -0.25) is 9.59 Å². The molecule has 0 atom stereocenters. The van der Waals surface area contributed by atoms with Crippen LogP contribution in [0.5, 0.6) is 0 Å². The number of esters is 1. The minimum atomic E-state index is -0.196. The lowest BCUT2D eigenvalue weighted by molar-refractivity contribution is -0.146. The van der Waals surface area contributed by atoms with Crippen molar-refractivity contribution >= 4 is 39.4 Å². The molecule has 0 N–H and O–H groups in total. The van der Waals surface area contributed by atoms with E-state index in [0.717, 1.165) is 4.47 Å². The van der Waals surface area contributed by atoms with Crippen molar-refractivity contribution in [2.45, 2.75) is 12.8 Å². The number of ether oxygens (including phenoxy) is 1. The van der Waals surface area contributed by atoms with Crippen LogP contribution in [0.3, 0.4) is 0 Å². The smallest absolute Gasteiger partial charge is 0.308 e. The molecule has 108 valence electrons. The number of halogens is 2. The molecule has 6 heteroatoms. The van der Waals surface area contributed by atoms with E-state index in [2.05, 4.69) is 15.9 Å². The Bertz CT molecular complexity index is 527. The number of likely N-dealkylation sites (tertiary alicyclic amines) is 1. The number of nitrogens with zero attached hydrogens (tertiary/aromatic N) is 1. The molecule has 1 aliphatic heterocycles. The maximum absolute atomic E-state index is 12.4. The van der Waals surface area contributed by atoms with E-state index in [4.69, 9.17) is 16.3 Å². The summed E-state index contributed by atoms with van der Waals surface area (Å²) < 4.78 is 5.57. The van der Waals surface area contributed by atoms with E-state index in [1.54, 1.807) is 23.1 Å². The van der Waals surface area contributed by atoms with Crippen LogP contribution in [0, 0.1) is 5.92 Å². The second-order valence-corrected chi connectivity index (χ2v) is 6.04. The highest BCUT2D eigenvalue weighted by molar-refractivity contribution is 9.10. The molecule has 0 spiro atoms. The van der Waals surface area contributed by atoms with Crippen molar-refractivity contribution in [2.24, 2.45) is 5.92 Å². The van der Waals surface area contributed by atoms with E-state index in [9.17, 15) is 9.59 Å². The van der Waals surface area contributed by atoms with Crippen LogP contribution in [0.1, 0.15) is 23.2 Å². The zero-order chi connectivity index (χ0) is 14.7. The van der Waals surface area contributed by atoms with Crippen molar-refractivity contribution in [3.05, 3.63) is 33.3 Å². The highest BCUT2D eigenvalue weighted by Gasteiger charge is 2.28. The van der Waals surface area contributed by atoms with Crippen LogP contribution in [-0.2, 0) is 9.53 Å². The van der Waals surface area contributed by atoms with Crippen molar-refractivity contribution in [3.63, 3.8) is 0 Å². The van der Waals surface area contributed by atoms with Crippen LogP contribution < -0.4 is 0 Å². The number of amides is 1.